The summed E-state index contributed by atoms with van der Waals surface area (Å²) in [6, 6.07) is 6.07. The molecular formula is C13H17BrFN. The molecule has 0 spiro atoms. The average molecular weight is 286 g/mol. The highest BCUT2D eigenvalue weighted by molar-refractivity contribution is 9.10. The maximum atomic E-state index is 13.7. The number of benzene rings is 1. The molecule has 1 saturated carbocycles. The molecule has 3 heteroatoms. The van der Waals surface area contributed by atoms with Crippen LogP contribution in [0.3, 0.4) is 0 Å². The van der Waals surface area contributed by atoms with Gasteiger partial charge in [0.05, 0.1) is 4.47 Å². The van der Waals surface area contributed by atoms with Crippen molar-refractivity contribution >= 4 is 15.9 Å². The Labute approximate surface area is 105 Å². The minimum Gasteiger partial charge on any atom is -0.317 e. The molecular weight excluding hydrogens is 269 g/mol. The van der Waals surface area contributed by atoms with E-state index in [1.165, 1.54) is 12.8 Å². The van der Waals surface area contributed by atoms with E-state index in [4.69, 9.17) is 0 Å². The van der Waals surface area contributed by atoms with E-state index in [1.54, 1.807) is 6.07 Å². The third-order valence-corrected chi connectivity index (χ3v) is 3.93. The average Bonchev–Trinajstić information content (AvgIpc) is 3.09. The number of aryl methyl sites for hydroxylation is 1. The second-order valence-corrected chi connectivity index (χ2v) is 5.34. The van der Waals surface area contributed by atoms with Crippen molar-refractivity contribution in [3.8, 4) is 0 Å². The van der Waals surface area contributed by atoms with Crippen LogP contribution >= 0.6 is 15.9 Å². The topological polar surface area (TPSA) is 12.0 Å². The van der Waals surface area contributed by atoms with Crippen LogP contribution in [-0.2, 0) is 6.42 Å². The first kappa shape index (κ1) is 12.1. The van der Waals surface area contributed by atoms with Gasteiger partial charge in [-0.15, -0.1) is 0 Å². The lowest BCUT2D eigenvalue weighted by Crippen LogP contribution is -2.27. The lowest BCUT2D eigenvalue weighted by atomic mass is 10.0. The van der Waals surface area contributed by atoms with Crippen molar-refractivity contribution in [3.63, 3.8) is 0 Å². The monoisotopic (exact) mass is 285 g/mol. The molecule has 0 bridgehead atoms. The van der Waals surface area contributed by atoms with E-state index in [2.05, 4.69) is 21.2 Å². The second-order valence-electron chi connectivity index (χ2n) is 4.48. The first-order chi connectivity index (χ1) is 7.72. The Morgan fingerprint density at radius 1 is 1.50 bits per heavy atom. The highest BCUT2D eigenvalue weighted by atomic mass is 79.9. The van der Waals surface area contributed by atoms with Crippen LogP contribution in [-0.4, -0.2) is 13.1 Å². The van der Waals surface area contributed by atoms with Gasteiger partial charge in [0.15, 0.2) is 0 Å². The zero-order valence-corrected chi connectivity index (χ0v) is 11.1. The summed E-state index contributed by atoms with van der Waals surface area (Å²) in [6.07, 6.45) is 4.49. The molecule has 1 N–H and O–H groups in total. The molecule has 1 atom stereocenters. The van der Waals surface area contributed by atoms with Gasteiger partial charge in [0.25, 0.3) is 0 Å². The molecule has 0 radical (unpaired) electrons. The van der Waals surface area contributed by atoms with Crippen LogP contribution in [0.5, 0.6) is 0 Å². The molecule has 2 rings (SSSR count). The summed E-state index contributed by atoms with van der Waals surface area (Å²) in [4.78, 5) is 0. The Hall–Kier alpha value is -0.410. The fourth-order valence-electron chi connectivity index (χ4n) is 2.17. The third-order valence-electron chi connectivity index (χ3n) is 3.32. The maximum Gasteiger partial charge on any atom is 0.140 e. The van der Waals surface area contributed by atoms with Crippen molar-refractivity contribution in [2.45, 2.75) is 31.7 Å². The van der Waals surface area contributed by atoms with E-state index in [0.29, 0.717) is 10.5 Å². The van der Waals surface area contributed by atoms with Gasteiger partial charge in [-0.25, -0.2) is 4.39 Å². The van der Waals surface area contributed by atoms with Crippen molar-refractivity contribution in [1.29, 1.82) is 0 Å². The first-order valence-corrected chi connectivity index (χ1v) is 6.62. The van der Waals surface area contributed by atoms with E-state index < -0.39 is 0 Å². The Morgan fingerprint density at radius 3 is 2.88 bits per heavy atom. The Bertz CT molecular complexity index is 363. The Morgan fingerprint density at radius 2 is 2.25 bits per heavy atom. The van der Waals surface area contributed by atoms with Crippen molar-refractivity contribution in [3.05, 3.63) is 34.1 Å². The maximum absolute atomic E-state index is 13.7. The summed E-state index contributed by atoms with van der Waals surface area (Å²) in [5.41, 5.74) is 0.815. The Balaban J connectivity index is 1.95. The predicted molar refractivity (Wildman–Crippen MR) is 68.0 cm³/mol. The van der Waals surface area contributed by atoms with Crippen LogP contribution in [0.25, 0.3) is 0 Å². The second kappa shape index (κ2) is 5.28. The molecule has 1 unspecified atom stereocenters. The number of hydrogen-bond acceptors (Lipinski definition) is 1. The minimum atomic E-state index is -0.104. The van der Waals surface area contributed by atoms with Crippen LogP contribution in [0.15, 0.2) is 22.7 Å². The fourth-order valence-corrected chi connectivity index (χ4v) is 2.57. The molecule has 1 aliphatic rings. The van der Waals surface area contributed by atoms with E-state index in [-0.39, 0.29) is 5.82 Å². The summed E-state index contributed by atoms with van der Waals surface area (Å²) in [5.74, 6) is 0.716. The molecule has 1 fully saturated rings. The minimum absolute atomic E-state index is 0.104. The normalized spacial score (nSPS) is 17.4. The predicted octanol–water partition coefficient (Wildman–Crippen LogP) is 3.52. The fraction of sp³-hybridized carbons (Fsp3) is 0.538. The van der Waals surface area contributed by atoms with E-state index >= 15 is 0 Å². The van der Waals surface area contributed by atoms with Gasteiger partial charge in [0.1, 0.15) is 5.82 Å². The van der Waals surface area contributed by atoms with Gasteiger partial charge in [-0.05, 0) is 66.2 Å². The van der Waals surface area contributed by atoms with E-state index in [1.807, 2.05) is 19.2 Å². The van der Waals surface area contributed by atoms with Gasteiger partial charge in [-0.3, -0.25) is 0 Å². The smallest absolute Gasteiger partial charge is 0.140 e. The van der Waals surface area contributed by atoms with Crippen LogP contribution in [0.4, 0.5) is 4.39 Å². The molecule has 88 valence electrons. The molecule has 1 nitrogen and oxygen atoms in total. The van der Waals surface area contributed by atoms with Gasteiger partial charge in [0, 0.05) is 6.04 Å². The number of nitrogens with one attached hydrogen (secondary N) is 1. The molecule has 1 aliphatic carbocycles. The summed E-state index contributed by atoms with van der Waals surface area (Å²) in [6.45, 7) is 0. The first-order valence-electron chi connectivity index (χ1n) is 5.82. The summed E-state index contributed by atoms with van der Waals surface area (Å²) in [5, 5.41) is 3.33. The van der Waals surface area contributed by atoms with Crippen LogP contribution in [0, 0.1) is 11.7 Å². The van der Waals surface area contributed by atoms with Crippen molar-refractivity contribution in [1.82, 2.24) is 5.32 Å². The van der Waals surface area contributed by atoms with Gasteiger partial charge in [-0.1, -0.05) is 12.1 Å². The Kier molecular flexibility index (Phi) is 3.98. The quantitative estimate of drug-likeness (QED) is 0.873. The van der Waals surface area contributed by atoms with Crippen LogP contribution < -0.4 is 5.32 Å². The SMILES string of the molecule is CNC(CCc1cccc(Br)c1F)C1CC1. The van der Waals surface area contributed by atoms with E-state index in [0.717, 1.165) is 24.3 Å². The van der Waals surface area contributed by atoms with Crippen molar-refractivity contribution in [2.75, 3.05) is 7.05 Å². The number of rotatable bonds is 5. The van der Waals surface area contributed by atoms with E-state index in [9.17, 15) is 4.39 Å². The lowest BCUT2D eigenvalue weighted by molar-refractivity contribution is 0.465. The van der Waals surface area contributed by atoms with Gasteiger partial charge >= 0.3 is 0 Å². The van der Waals surface area contributed by atoms with Crippen LogP contribution in [0.2, 0.25) is 0 Å². The summed E-state index contributed by atoms with van der Waals surface area (Å²) < 4.78 is 14.3. The number of hydrogen-bond donors (Lipinski definition) is 1. The highest BCUT2D eigenvalue weighted by Gasteiger charge is 2.29. The van der Waals surface area contributed by atoms with Crippen LogP contribution in [0.1, 0.15) is 24.8 Å². The molecule has 0 amide bonds. The highest BCUT2D eigenvalue weighted by Crippen LogP contribution is 2.34. The third kappa shape index (κ3) is 2.83. The van der Waals surface area contributed by atoms with Gasteiger partial charge in [0.2, 0.25) is 0 Å². The molecule has 1 aromatic carbocycles. The summed E-state index contributed by atoms with van der Waals surface area (Å²) >= 11 is 3.22. The zero-order valence-electron chi connectivity index (χ0n) is 9.47. The molecule has 16 heavy (non-hydrogen) atoms. The standard InChI is InChI=1S/C13H17BrFN/c1-16-12(9-5-6-9)8-7-10-3-2-4-11(14)13(10)15/h2-4,9,12,16H,5-8H2,1H3. The van der Waals surface area contributed by atoms with Crippen molar-refractivity contribution in [2.24, 2.45) is 5.92 Å². The lowest BCUT2D eigenvalue weighted by Gasteiger charge is -2.15. The largest absolute Gasteiger partial charge is 0.317 e. The molecule has 0 saturated heterocycles. The zero-order chi connectivity index (χ0) is 11.5. The molecule has 0 aliphatic heterocycles. The molecule has 0 heterocycles. The summed E-state index contributed by atoms with van der Waals surface area (Å²) in [7, 11) is 2.00. The van der Waals surface area contributed by atoms with Crippen molar-refractivity contribution < 1.29 is 4.39 Å². The van der Waals surface area contributed by atoms with Gasteiger partial charge < -0.3 is 5.32 Å². The number of halogens is 2. The van der Waals surface area contributed by atoms with Gasteiger partial charge in [-0.2, -0.15) is 0 Å². The molecule has 1 aromatic rings. The molecule has 0 aromatic heterocycles.